The van der Waals surface area contributed by atoms with Gasteiger partial charge in [-0.2, -0.15) is 0 Å². The first-order valence-corrected chi connectivity index (χ1v) is 5.26. The van der Waals surface area contributed by atoms with E-state index in [9.17, 15) is 4.79 Å². The third kappa shape index (κ3) is 2.59. The Hall–Kier alpha value is -1.29. The maximum Gasteiger partial charge on any atom is 0.286 e. The van der Waals surface area contributed by atoms with Crippen LogP contribution in [0.2, 0.25) is 0 Å². The summed E-state index contributed by atoms with van der Waals surface area (Å²) < 4.78 is 5.01. The SMILES string of the molecule is CN1CCC(CNC(=O)c2ccco2)C1. The first kappa shape index (κ1) is 10.2. The minimum Gasteiger partial charge on any atom is -0.459 e. The predicted octanol–water partition coefficient (Wildman–Crippen LogP) is 0.961. The van der Waals surface area contributed by atoms with Gasteiger partial charge in [-0.05, 0) is 38.1 Å². The molecule has 1 aliphatic rings. The molecule has 0 spiro atoms. The van der Waals surface area contributed by atoms with Gasteiger partial charge < -0.3 is 14.6 Å². The third-order valence-corrected chi connectivity index (χ3v) is 2.79. The van der Waals surface area contributed by atoms with E-state index in [2.05, 4.69) is 17.3 Å². The van der Waals surface area contributed by atoms with Crippen LogP contribution in [0.3, 0.4) is 0 Å². The standard InChI is InChI=1S/C11H16N2O2/c1-13-5-4-9(8-13)7-12-11(14)10-3-2-6-15-10/h2-3,6,9H,4-5,7-8H2,1H3,(H,12,14). The topological polar surface area (TPSA) is 45.5 Å². The molecule has 1 unspecified atom stereocenters. The van der Waals surface area contributed by atoms with Crippen molar-refractivity contribution in [1.82, 2.24) is 10.2 Å². The second-order valence-electron chi connectivity index (χ2n) is 4.10. The van der Waals surface area contributed by atoms with Crippen LogP contribution in [0.15, 0.2) is 22.8 Å². The van der Waals surface area contributed by atoms with Crippen LogP contribution in [0.25, 0.3) is 0 Å². The second-order valence-corrected chi connectivity index (χ2v) is 4.10. The van der Waals surface area contributed by atoms with Crippen molar-refractivity contribution in [2.24, 2.45) is 5.92 Å². The zero-order valence-electron chi connectivity index (χ0n) is 8.90. The van der Waals surface area contributed by atoms with E-state index >= 15 is 0 Å². The molecule has 0 radical (unpaired) electrons. The van der Waals surface area contributed by atoms with Gasteiger partial charge in [-0.3, -0.25) is 4.79 Å². The van der Waals surface area contributed by atoms with Crippen molar-refractivity contribution >= 4 is 5.91 Å². The highest BCUT2D eigenvalue weighted by molar-refractivity contribution is 5.91. The van der Waals surface area contributed by atoms with E-state index in [-0.39, 0.29) is 5.91 Å². The Bertz CT molecular complexity index is 321. The minimum absolute atomic E-state index is 0.116. The summed E-state index contributed by atoms with van der Waals surface area (Å²) in [5.41, 5.74) is 0. The Kier molecular flexibility index (Phi) is 3.06. The van der Waals surface area contributed by atoms with Crippen molar-refractivity contribution in [2.75, 3.05) is 26.7 Å². The summed E-state index contributed by atoms with van der Waals surface area (Å²) in [7, 11) is 2.11. The molecule has 82 valence electrons. The lowest BCUT2D eigenvalue weighted by atomic mass is 10.1. The van der Waals surface area contributed by atoms with Crippen molar-refractivity contribution in [3.8, 4) is 0 Å². The predicted molar refractivity (Wildman–Crippen MR) is 56.6 cm³/mol. The van der Waals surface area contributed by atoms with E-state index < -0.39 is 0 Å². The van der Waals surface area contributed by atoms with E-state index in [0.717, 1.165) is 26.1 Å². The Morgan fingerprint density at radius 2 is 2.60 bits per heavy atom. The zero-order chi connectivity index (χ0) is 10.7. The van der Waals surface area contributed by atoms with E-state index in [0.29, 0.717) is 11.7 Å². The van der Waals surface area contributed by atoms with Crippen LogP contribution in [-0.4, -0.2) is 37.5 Å². The second kappa shape index (κ2) is 4.49. The molecule has 4 heteroatoms. The molecule has 0 aliphatic carbocycles. The largest absolute Gasteiger partial charge is 0.459 e. The molecule has 15 heavy (non-hydrogen) atoms. The smallest absolute Gasteiger partial charge is 0.286 e. The summed E-state index contributed by atoms with van der Waals surface area (Å²) >= 11 is 0. The average Bonchev–Trinajstić information content (AvgIpc) is 2.84. The van der Waals surface area contributed by atoms with Crippen LogP contribution >= 0.6 is 0 Å². The number of hydrogen-bond acceptors (Lipinski definition) is 3. The van der Waals surface area contributed by atoms with Gasteiger partial charge in [-0.15, -0.1) is 0 Å². The lowest BCUT2D eigenvalue weighted by Gasteiger charge is -2.10. The fourth-order valence-corrected chi connectivity index (χ4v) is 1.92. The average molecular weight is 208 g/mol. The Balaban J connectivity index is 1.76. The van der Waals surface area contributed by atoms with Gasteiger partial charge in [0.15, 0.2) is 5.76 Å². The zero-order valence-corrected chi connectivity index (χ0v) is 8.90. The Labute approximate surface area is 89.2 Å². The molecule has 1 amide bonds. The molecule has 4 nitrogen and oxygen atoms in total. The van der Waals surface area contributed by atoms with Gasteiger partial charge in [-0.25, -0.2) is 0 Å². The number of nitrogens with one attached hydrogen (secondary N) is 1. The normalized spacial score (nSPS) is 21.8. The maximum absolute atomic E-state index is 11.5. The maximum atomic E-state index is 11.5. The molecular weight excluding hydrogens is 192 g/mol. The summed E-state index contributed by atoms with van der Waals surface area (Å²) in [4.78, 5) is 13.8. The van der Waals surface area contributed by atoms with Crippen molar-refractivity contribution in [1.29, 1.82) is 0 Å². The van der Waals surface area contributed by atoms with Crippen LogP contribution in [0.1, 0.15) is 17.0 Å². The van der Waals surface area contributed by atoms with Crippen molar-refractivity contribution in [3.05, 3.63) is 24.2 Å². The van der Waals surface area contributed by atoms with Crippen LogP contribution in [-0.2, 0) is 0 Å². The molecule has 1 aromatic heterocycles. The van der Waals surface area contributed by atoms with Gasteiger partial charge in [0.25, 0.3) is 5.91 Å². The highest BCUT2D eigenvalue weighted by Gasteiger charge is 2.20. The molecule has 0 aromatic carbocycles. The first-order valence-electron chi connectivity index (χ1n) is 5.26. The molecule has 2 heterocycles. The summed E-state index contributed by atoms with van der Waals surface area (Å²) in [6.07, 6.45) is 2.67. The number of carbonyl (C=O) groups excluding carboxylic acids is 1. The van der Waals surface area contributed by atoms with Crippen molar-refractivity contribution < 1.29 is 9.21 Å². The van der Waals surface area contributed by atoms with Gasteiger partial charge in [0.05, 0.1) is 6.26 Å². The molecule has 1 fully saturated rings. The number of hydrogen-bond donors (Lipinski definition) is 1. The molecule has 1 atom stereocenters. The number of likely N-dealkylation sites (tertiary alicyclic amines) is 1. The monoisotopic (exact) mass is 208 g/mol. The molecule has 1 N–H and O–H groups in total. The summed E-state index contributed by atoms with van der Waals surface area (Å²) in [5.74, 6) is 0.852. The van der Waals surface area contributed by atoms with E-state index in [4.69, 9.17) is 4.42 Å². The molecule has 1 aromatic rings. The van der Waals surface area contributed by atoms with Crippen LogP contribution in [0, 0.1) is 5.92 Å². The summed E-state index contributed by atoms with van der Waals surface area (Å²) in [6, 6.07) is 3.40. The molecular formula is C11H16N2O2. The molecule has 2 rings (SSSR count). The highest BCUT2D eigenvalue weighted by atomic mass is 16.3. The van der Waals surface area contributed by atoms with Crippen molar-refractivity contribution in [3.63, 3.8) is 0 Å². The first-order chi connectivity index (χ1) is 7.25. The van der Waals surface area contributed by atoms with E-state index in [1.165, 1.54) is 6.26 Å². The number of furan rings is 1. The van der Waals surface area contributed by atoms with Crippen LogP contribution in [0.4, 0.5) is 0 Å². The highest BCUT2D eigenvalue weighted by Crippen LogP contribution is 2.13. The molecule has 1 saturated heterocycles. The summed E-state index contributed by atoms with van der Waals surface area (Å²) in [6.45, 7) is 2.93. The number of amides is 1. The molecule has 0 bridgehead atoms. The summed E-state index contributed by atoms with van der Waals surface area (Å²) in [5, 5.41) is 2.89. The van der Waals surface area contributed by atoms with Gasteiger partial charge in [-0.1, -0.05) is 0 Å². The molecule has 0 saturated carbocycles. The fraction of sp³-hybridized carbons (Fsp3) is 0.545. The minimum atomic E-state index is -0.116. The number of rotatable bonds is 3. The number of carbonyl (C=O) groups is 1. The van der Waals surface area contributed by atoms with Crippen LogP contribution in [0.5, 0.6) is 0 Å². The quantitative estimate of drug-likeness (QED) is 0.804. The lowest BCUT2D eigenvalue weighted by molar-refractivity contribution is 0.0920. The van der Waals surface area contributed by atoms with E-state index in [1.54, 1.807) is 12.1 Å². The van der Waals surface area contributed by atoms with Gasteiger partial charge in [0, 0.05) is 13.1 Å². The van der Waals surface area contributed by atoms with Gasteiger partial charge in [0.1, 0.15) is 0 Å². The Morgan fingerprint density at radius 3 is 3.20 bits per heavy atom. The Morgan fingerprint density at radius 1 is 1.73 bits per heavy atom. The lowest BCUT2D eigenvalue weighted by Crippen LogP contribution is -2.30. The third-order valence-electron chi connectivity index (χ3n) is 2.79. The number of nitrogens with zero attached hydrogens (tertiary/aromatic N) is 1. The molecule has 1 aliphatic heterocycles. The van der Waals surface area contributed by atoms with Crippen molar-refractivity contribution in [2.45, 2.75) is 6.42 Å². The fourth-order valence-electron chi connectivity index (χ4n) is 1.92. The van der Waals surface area contributed by atoms with E-state index in [1.807, 2.05) is 0 Å². The van der Waals surface area contributed by atoms with Gasteiger partial charge >= 0.3 is 0 Å². The van der Waals surface area contributed by atoms with Gasteiger partial charge in [0.2, 0.25) is 0 Å². The van der Waals surface area contributed by atoms with Crippen LogP contribution < -0.4 is 5.32 Å².